The molecular weight excluding hydrogens is 244 g/mol. The Hall–Kier alpha value is -1.86. The van der Waals surface area contributed by atoms with E-state index in [1.807, 2.05) is 10.6 Å². The van der Waals surface area contributed by atoms with E-state index in [9.17, 15) is 0 Å². The summed E-state index contributed by atoms with van der Waals surface area (Å²) in [5.74, 6) is 6.79. The van der Waals surface area contributed by atoms with Crippen molar-refractivity contribution in [2.45, 2.75) is 31.4 Å². The van der Waals surface area contributed by atoms with Gasteiger partial charge in [0.15, 0.2) is 17.3 Å². The number of fused-ring (bicyclic) bond motifs is 1. The van der Waals surface area contributed by atoms with E-state index >= 15 is 0 Å². The van der Waals surface area contributed by atoms with Gasteiger partial charge >= 0.3 is 0 Å². The van der Waals surface area contributed by atoms with Crippen LogP contribution >= 0.6 is 0 Å². The third-order valence-electron chi connectivity index (χ3n) is 3.58. The zero-order valence-corrected chi connectivity index (χ0v) is 10.8. The first kappa shape index (κ1) is 12.2. The molecule has 0 radical (unpaired) electrons. The van der Waals surface area contributed by atoms with Gasteiger partial charge < -0.3 is 19.9 Å². The van der Waals surface area contributed by atoms with Crippen LogP contribution in [0.5, 0.6) is 0 Å². The lowest BCUT2D eigenvalue weighted by Gasteiger charge is -2.15. The topological polar surface area (TPSA) is 89.5 Å². The van der Waals surface area contributed by atoms with Crippen LogP contribution in [0.15, 0.2) is 18.6 Å². The fourth-order valence-corrected chi connectivity index (χ4v) is 2.58. The molecule has 0 bridgehead atoms. The normalized spacial score (nSPS) is 22.8. The highest BCUT2D eigenvalue weighted by atomic mass is 16.5. The van der Waals surface area contributed by atoms with E-state index in [1.54, 1.807) is 19.5 Å². The zero-order valence-electron chi connectivity index (χ0n) is 10.8. The summed E-state index contributed by atoms with van der Waals surface area (Å²) in [4.78, 5) is 8.75. The third-order valence-corrected chi connectivity index (χ3v) is 3.58. The van der Waals surface area contributed by atoms with Crippen LogP contribution in [0.1, 0.15) is 19.3 Å². The van der Waals surface area contributed by atoms with Crippen LogP contribution < -0.4 is 16.6 Å². The lowest BCUT2D eigenvalue weighted by Crippen LogP contribution is -2.20. The van der Waals surface area contributed by atoms with E-state index < -0.39 is 0 Å². The first-order valence-corrected chi connectivity index (χ1v) is 6.40. The summed E-state index contributed by atoms with van der Waals surface area (Å²) >= 11 is 0. The second kappa shape index (κ2) is 5.02. The summed E-state index contributed by atoms with van der Waals surface area (Å²) in [6.45, 7) is 0. The molecule has 0 amide bonds. The molecule has 2 heterocycles. The van der Waals surface area contributed by atoms with Gasteiger partial charge in [-0.3, -0.25) is 0 Å². The van der Waals surface area contributed by atoms with Crippen LogP contribution in [0.2, 0.25) is 0 Å². The molecule has 7 heteroatoms. The minimum absolute atomic E-state index is 0.337. The minimum atomic E-state index is 0.337. The number of imidazole rings is 1. The lowest BCUT2D eigenvalue weighted by atomic mass is 10.2. The number of hydrogen-bond donors (Lipinski definition) is 3. The molecule has 0 aliphatic heterocycles. The predicted molar refractivity (Wildman–Crippen MR) is 72.9 cm³/mol. The van der Waals surface area contributed by atoms with Gasteiger partial charge in [-0.25, -0.2) is 15.8 Å². The van der Waals surface area contributed by atoms with E-state index in [2.05, 4.69) is 20.7 Å². The smallest absolute Gasteiger partial charge is 0.180 e. The van der Waals surface area contributed by atoms with E-state index in [-0.39, 0.29) is 0 Å². The summed E-state index contributed by atoms with van der Waals surface area (Å²) in [7, 11) is 1.76. The van der Waals surface area contributed by atoms with Crippen LogP contribution in [0.25, 0.3) is 5.65 Å². The van der Waals surface area contributed by atoms with Gasteiger partial charge in [0.05, 0.1) is 12.3 Å². The molecule has 7 nitrogen and oxygen atoms in total. The number of nitrogens with two attached hydrogens (primary N) is 1. The van der Waals surface area contributed by atoms with Crippen LogP contribution in [0.3, 0.4) is 0 Å². The van der Waals surface area contributed by atoms with Gasteiger partial charge in [-0.15, -0.1) is 0 Å². The number of nitrogens with one attached hydrogen (secondary N) is 2. The van der Waals surface area contributed by atoms with Gasteiger partial charge in [0.2, 0.25) is 0 Å². The van der Waals surface area contributed by atoms with Crippen molar-refractivity contribution in [3.8, 4) is 0 Å². The van der Waals surface area contributed by atoms with Crippen molar-refractivity contribution in [1.82, 2.24) is 14.4 Å². The number of methoxy groups -OCH3 is 1. The van der Waals surface area contributed by atoms with Crippen molar-refractivity contribution >= 4 is 17.3 Å². The highest BCUT2D eigenvalue weighted by molar-refractivity contribution is 5.65. The summed E-state index contributed by atoms with van der Waals surface area (Å²) < 4.78 is 7.28. The van der Waals surface area contributed by atoms with Crippen LogP contribution in [-0.4, -0.2) is 33.6 Å². The lowest BCUT2D eigenvalue weighted by molar-refractivity contribution is 0.108. The Bertz CT molecular complexity index is 568. The Balaban J connectivity index is 1.85. The van der Waals surface area contributed by atoms with Crippen molar-refractivity contribution < 1.29 is 4.74 Å². The number of hydrazine groups is 1. The van der Waals surface area contributed by atoms with E-state index in [1.165, 1.54) is 0 Å². The van der Waals surface area contributed by atoms with E-state index in [4.69, 9.17) is 10.6 Å². The molecule has 0 saturated heterocycles. The van der Waals surface area contributed by atoms with Crippen LogP contribution in [0.4, 0.5) is 11.6 Å². The molecule has 1 aliphatic carbocycles. The first-order valence-electron chi connectivity index (χ1n) is 6.40. The molecule has 102 valence electrons. The molecule has 0 aromatic carbocycles. The van der Waals surface area contributed by atoms with Crippen molar-refractivity contribution in [2.24, 2.45) is 5.84 Å². The molecular formula is C12H18N6O. The standard InChI is InChI=1S/C12H18N6O/c1-19-9-3-2-8(6-9)15-11-12-14-4-5-18(12)7-10(16-11)17-13/h4-5,7-9,17H,2-3,6,13H2,1H3,(H,15,16). The molecule has 2 aromatic heterocycles. The number of anilines is 2. The van der Waals surface area contributed by atoms with Gasteiger partial charge in [-0.1, -0.05) is 0 Å². The molecule has 19 heavy (non-hydrogen) atoms. The fraction of sp³-hybridized carbons (Fsp3) is 0.500. The molecule has 2 unspecified atom stereocenters. The Morgan fingerprint density at radius 1 is 1.47 bits per heavy atom. The molecule has 2 aromatic rings. The van der Waals surface area contributed by atoms with E-state index in [0.29, 0.717) is 18.0 Å². The molecule has 1 fully saturated rings. The molecule has 1 saturated carbocycles. The average Bonchev–Trinajstić information content (AvgIpc) is 3.06. The second-order valence-electron chi connectivity index (χ2n) is 4.79. The highest BCUT2D eigenvalue weighted by Gasteiger charge is 2.25. The number of hydrogen-bond acceptors (Lipinski definition) is 6. The molecule has 1 aliphatic rings. The largest absolute Gasteiger partial charge is 0.381 e. The number of nitrogens with zero attached hydrogens (tertiary/aromatic N) is 3. The Morgan fingerprint density at radius 3 is 3.11 bits per heavy atom. The molecule has 0 spiro atoms. The Labute approximate surface area is 111 Å². The maximum Gasteiger partial charge on any atom is 0.180 e. The van der Waals surface area contributed by atoms with Gasteiger partial charge in [0.25, 0.3) is 0 Å². The summed E-state index contributed by atoms with van der Waals surface area (Å²) in [5.41, 5.74) is 3.38. The van der Waals surface area contributed by atoms with Gasteiger partial charge in [-0.2, -0.15) is 0 Å². The van der Waals surface area contributed by atoms with Crippen LogP contribution in [0, 0.1) is 0 Å². The van der Waals surface area contributed by atoms with Gasteiger partial charge in [0, 0.05) is 25.5 Å². The zero-order chi connectivity index (χ0) is 13.2. The molecule has 2 atom stereocenters. The van der Waals surface area contributed by atoms with Gasteiger partial charge in [0.1, 0.15) is 0 Å². The first-order chi connectivity index (χ1) is 9.30. The monoisotopic (exact) mass is 262 g/mol. The average molecular weight is 262 g/mol. The SMILES string of the molecule is COC1CCC(Nc2nc(NN)cn3ccnc23)C1. The summed E-state index contributed by atoms with van der Waals surface area (Å²) in [6, 6.07) is 0.367. The molecule has 3 rings (SSSR count). The van der Waals surface area contributed by atoms with Crippen LogP contribution in [-0.2, 0) is 4.74 Å². The van der Waals surface area contributed by atoms with Crippen molar-refractivity contribution in [1.29, 1.82) is 0 Å². The quantitative estimate of drug-likeness (QED) is 0.562. The van der Waals surface area contributed by atoms with E-state index in [0.717, 1.165) is 30.7 Å². The minimum Gasteiger partial charge on any atom is -0.381 e. The van der Waals surface area contributed by atoms with Crippen molar-refractivity contribution in [2.75, 3.05) is 17.9 Å². The summed E-state index contributed by atoms with van der Waals surface area (Å²) in [6.07, 6.45) is 8.90. The maximum atomic E-state index is 5.44. The van der Waals surface area contributed by atoms with Gasteiger partial charge in [-0.05, 0) is 19.3 Å². The highest BCUT2D eigenvalue weighted by Crippen LogP contribution is 2.26. The maximum absolute atomic E-state index is 5.44. The fourth-order valence-electron chi connectivity index (χ4n) is 2.58. The van der Waals surface area contributed by atoms with Crippen molar-refractivity contribution in [3.63, 3.8) is 0 Å². The second-order valence-corrected chi connectivity index (χ2v) is 4.79. The van der Waals surface area contributed by atoms with Crippen molar-refractivity contribution in [3.05, 3.63) is 18.6 Å². The molecule has 4 N–H and O–H groups in total. The Kier molecular flexibility index (Phi) is 3.22. The number of nitrogen functional groups attached to an aromatic ring is 1. The Morgan fingerprint density at radius 2 is 2.37 bits per heavy atom. The third kappa shape index (κ3) is 2.34. The number of rotatable bonds is 4. The summed E-state index contributed by atoms with van der Waals surface area (Å²) in [5, 5.41) is 3.44. The number of aromatic nitrogens is 3. The predicted octanol–water partition coefficient (Wildman–Crippen LogP) is 0.994. The number of ether oxygens (including phenoxy) is 1.